The number of carbonyl (C=O) groups excluding carboxylic acids is 4. The monoisotopic (exact) mass is 1650 g/mol. The van der Waals surface area contributed by atoms with Gasteiger partial charge in [-0.2, -0.15) is 15.5 Å². The van der Waals surface area contributed by atoms with Crippen molar-refractivity contribution in [2.45, 2.75) is 140 Å². The van der Waals surface area contributed by atoms with Crippen molar-refractivity contribution in [2.75, 3.05) is 71.5 Å². The summed E-state index contributed by atoms with van der Waals surface area (Å²) in [5, 5.41) is 28.2. The average Bonchev–Trinajstić information content (AvgIpc) is 0.871. The summed E-state index contributed by atoms with van der Waals surface area (Å²) in [5.74, 6) is 0.222. The number of rotatable bonds is 39. The Labute approximate surface area is 692 Å². The molecule has 7 aromatic carbocycles. The van der Waals surface area contributed by atoms with E-state index in [2.05, 4.69) is 72.0 Å². The van der Waals surface area contributed by atoms with Crippen molar-refractivity contribution < 1.29 is 70.2 Å². The number of nitriles is 2. The molecule has 8 atom stereocenters. The highest BCUT2D eigenvalue weighted by molar-refractivity contribution is 7.44. The third kappa shape index (κ3) is 21.1. The fourth-order valence-electron chi connectivity index (χ4n) is 14.8. The van der Waals surface area contributed by atoms with Gasteiger partial charge in [0.15, 0.2) is 17.0 Å². The lowest BCUT2D eigenvalue weighted by Crippen LogP contribution is -2.38. The predicted octanol–water partition coefficient (Wildman–Crippen LogP) is 14.6. The van der Waals surface area contributed by atoms with Crippen molar-refractivity contribution in [3.05, 3.63) is 262 Å². The molecule has 0 bridgehead atoms. The number of anilines is 2. The number of hydrogen-bond acceptors (Lipinski definition) is 23. The number of amides is 4. The summed E-state index contributed by atoms with van der Waals surface area (Å²) in [6.07, 6.45) is -0.990. The van der Waals surface area contributed by atoms with Crippen LogP contribution in [-0.4, -0.2) is 160 Å². The Morgan fingerprint density at radius 1 is 0.630 bits per heavy atom. The number of ether oxygens (including phenoxy) is 6. The highest BCUT2D eigenvalue weighted by atomic mass is 31.2. The van der Waals surface area contributed by atoms with Gasteiger partial charge in [0.05, 0.1) is 90.6 Å². The predicted molar refractivity (Wildman–Crippen MR) is 445 cm³/mol. The number of carbonyl (C=O) groups is 4. The Balaban J connectivity index is 0.751. The van der Waals surface area contributed by atoms with Crippen LogP contribution in [0.3, 0.4) is 0 Å². The second kappa shape index (κ2) is 40.9. The highest BCUT2D eigenvalue weighted by Gasteiger charge is 2.47. The summed E-state index contributed by atoms with van der Waals surface area (Å²) in [7, 11) is 0.473. The lowest BCUT2D eigenvalue weighted by atomic mass is 9.80. The largest absolute Gasteiger partial charge is 0.497 e. The molecule has 1 aliphatic carbocycles. The smallest absolute Gasteiger partial charge is 0.409 e. The van der Waals surface area contributed by atoms with Gasteiger partial charge in [0, 0.05) is 69.2 Å². The minimum Gasteiger partial charge on any atom is -0.497 e. The number of nitrogens with zero attached hydrogens (tertiary/aromatic N) is 10. The summed E-state index contributed by atoms with van der Waals surface area (Å²) >= 11 is 0. The van der Waals surface area contributed by atoms with Gasteiger partial charge < -0.3 is 71.9 Å². The van der Waals surface area contributed by atoms with Crippen molar-refractivity contribution >= 4 is 63.7 Å². The van der Waals surface area contributed by atoms with Crippen LogP contribution < -0.4 is 31.1 Å². The fraction of sp³-hybridized carbons (Fsp3) is 0.352. The van der Waals surface area contributed by atoms with Crippen molar-refractivity contribution in [3.63, 3.8) is 0 Å². The molecule has 4 unspecified atom stereocenters. The average molecular weight is 1650 g/mol. The van der Waals surface area contributed by atoms with Crippen molar-refractivity contribution in [3.8, 4) is 34.8 Å². The fourth-order valence-corrected chi connectivity index (χ4v) is 17.7. The van der Waals surface area contributed by atoms with Crippen LogP contribution in [0.2, 0.25) is 0 Å². The molecule has 2 aliphatic heterocycles. The van der Waals surface area contributed by atoms with Crippen LogP contribution in [0.1, 0.15) is 134 Å². The molecule has 0 saturated carbocycles. The van der Waals surface area contributed by atoms with Gasteiger partial charge in [-0.25, -0.2) is 29.2 Å². The zero-order valence-electron chi connectivity index (χ0n) is 67.1. The number of hydrogen-bond donors (Lipinski definition) is 3. The Morgan fingerprint density at radius 2 is 1.22 bits per heavy atom. The minimum absolute atomic E-state index is 0.0179. The van der Waals surface area contributed by atoms with E-state index in [9.17, 15) is 34.5 Å². The molecule has 3 aromatic heterocycles. The molecule has 10 aromatic rings. The number of aromatic nitrogens is 6. The lowest BCUT2D eigenvalue weighted by molar-refractivity contribution is -0.120. The summed E-state index contributed by atoms with van der Waals surface area (Å²) in [6, 6.07) is 63.0. The number of methoxy groups -OCH3 is 2. The van der Waals surface area contributed by atoms with E-state index in [1.807, 2.05) is 161 Å². The first-order chi connectivity index (χ1) is 57.9. The van der Waals surface area contributed by atoms with Crippen molar-refractivity contribution in [1.29, 1.82) is 10.5 Å². The number of nitrogens with one attached hydrogen (secondary N) is 3. The quantitative estimate of drug-likeness (QED) is 0.0183. The van der Waals surface area contributed by atoms with Gasteiger partial charge >= 0.3 is 20.4 Å². The first-order valence-electron chi connectivity index (χ1n) is 39.4. The normalized spacial score (nSPS) is 17.4. The topological polar surface area (TPSA) is 338 Å². The van der Waals surface area contributed by atoms with Gasteiger partial charge in [-0.05, 0) is 127 Å². The van der Waals surface area contributed by atoms with E-state index in [-0.39, 0.29) is 137 Å². The van der Waals surface area contributed by atoms with Crippen LogP contribution in [0.4, 0.5) is 16.4 Å². The lowest BCUT2D eigenvalue weighted by Gasteiger charge is -2.37. The Morgan fingerprint density at radius 3 is 1.84 bits per heavy atom. The number of imidazole rings is 1. The molecule has 3 aliphatic rings. The Bertz CT molecular complexity index is 5130. The van der Waals surface area contributed by atoms with Gasteiger partial charge in [0.2, 0.25) is 11.8 Å². The molecular weight excluding hydrogens is 1560 g/mol. The third-order valence-corrected chi connectivity index (χ3v) is 24.0. The third-order valence-electron chi connectivity index (χ3n) is 20.6. The highest BCUT2D eigenvalue weighted by Crippen LogP contribution is 2.53. The maximum Gasteiger partial charge on any atom is 0.409 e. The first-order valence-corrected chi connectivity index (χ1v) is 41.6. The Hall–Kier alpha value is -11.3. The van der Waals surface area contributed by atoms with E-state index in [4.69, 9.17) is 56.0 Å². The van der Waals surface area contributed by atoms with Crippen molar-refractivity contribution in [2.24, 2.45) is 0 Å². The summed E-state index contributed by atoms with van der Waals surface area (Å²) in [5.41, 5.74) is 7.17. The van der Waals surface area contributed by atoms with E-state index >= 15 is 0 Å². The van der Waals surface area contributed by atoms with Gasteiger partial charge in [-0.1, -0.05) is 146 Å². The summed E-state index contributed by atoms with van der Waals surface area (Å²) < 4.78 is 77.6. The molecule has 119 heavy (non-hydrogen) atoms. The molecule has 2 fully saturated rings. The van der Waals surface area contributed by atoms with Gasteiger partial charge in [0.1, 0.15) is 60.5 Å². The maximum absolute atomic E-state index is 14.3. The minimum atomic E-state index is -2.46. The molecule has 618 valence electrons. The molecule has 31 heteroatoms. The van der Waals surface area contributed by atoms with Crippen LogP contribution in [0, 0.1) is 22.7 Å². The first kappa shape index (κ1) is 85.6. The van der Waals surface area contributed by atoms with E-state index in [0.717, 1.165) is 50.1 Å². The summed E-state index contributed by atoms with van der Waals surface area (Å²) in [4.78, 5) is 87.5. The molecule has 3 N–H and O–H groups in total. The standard InChI is InChI=1S/C88H95N13O16P2/c1-58(2)101(59(3)4)118(111-47-19-43-89)116-73-50-80(99-46-42-77(96-86(99)105)95-85(104)62-32-30-61(31-33-62)52-91-79(103)49-60-21-10-8-11-22-60)115-76(73)55-113-119(112-48-20-44-90)117-74-51-81(114-75(74)54-110-88(63-23-12-9-13-24-63,64-34-38-66(107-6)39-35-64)65-36-40-67(108-7)41-37-65)100-57-94-82-83(92-56-93-84(82)100)97-78(102)29-18-45-98(5)87(106)109-53-72-70-27-16-14-25-68(70)69-26-15-17-28-71(69)72/h8-17,21-28,30-42,46,56-59,72-76,80-81H,18-20,29,45,47-55H2,1-7H3,(H,91,103)(H,92,93,97,102)(H,95,96,104,105)/t73-,74-,75+,76?,80+,81?,118?,119?/m0/s1. The zero-order valence-corrected chi connectivity index (χ0v) is 68.9. The second-order valence-electron chi connectivity index (χ2n) is 29.2. The molecular formula is C88H95N13O16P2. The van der Waals surface area contributed by atoms with E-state index in [1.54, 1.807) is 56.4 Å². The van der Waals surface area contributed by atoms with E-state index < -0.39 is 77.3 Å². The van der Waals surface area contributed by atoms with Crippen molar-refractivity contribution in [1.82, 2.24) is 44.0 Å². The van der Waals surface area contributed by atoms with Gasteiger partial charge in [0.25, 0.3) is 14.4 Å². The van der Waals surface area contributed by atoms with Crippen LogP contribution in [-0.2, 0) is 69.7 Å². The van der Waals surface area contributed by atoms with Crippen LogP contribution in [0.15, 0.2) is 212 Å². The zero-order chi connectivity index (χ0) is 83.4. The van der Waals surface area contributed by atoms with Crippen LogP contribution >= 0.6 is 17.1 Å². The summed E-state index contributed by atoms with van der Waals surface area (Å²) in [6.45, 7) is 8.23. The number of benzene rings is 7. The van der Waals surface area contributed by atoms with Gasteiger partial charge in [-0.15, -0.1) is 0 Å². The molecule has 0 spiro atoms. The molecule has 29 nitrogen and oxygen atoms in total. The Kier molecular flexibility index (Phi) is 29.4. The van der Waals surface area contributed by atoms with Gasteiger partial charge in [-0.3, -0.25) is 23.5 Å². The van der Waals surface area contributed by atoms with E-state index in [0.29, 0.717) is 23.6 Å². The molecule has 5 heterocycles. The maximum atomic E-state index is 14.3. The molecule has 0 radical (unpaired) electrons. The molecule has 13 rings (SSSR count). The van der Waals surface area contributed by atoms with E-state index in [1.165, 1.54) is 28.1 Å². The van der Waals surface area contributed by atoms with Crippen LogP contribution in [0.25, 0.3) is 22.3 Å². The molecule has 4 amide bonds. The second-order valence-corrected chi connectivity index (χ2v) is 31.7. The van der Waals surface area contributed by atoms with Crippen LogP contribution in [0.5, 0.6) is 11.5 Å². The SMILES string of the molecule is COc1ccc(C(OC[C@H]2OC(n3cnc4c(NC(=O)CCCN(C)C(=O)OCC5c6ccccc6-c6ccccc65)ncnc43)C[C@@H]2OP(OCCC#N)OCC2O[C@@H](n3ccc(NC(=O)c4ccc(CNC(=O)Cc5ccccc5)cc4)nc3=O)C[C@@H]2OP(OCCC#N)N(C(C)C)C(C)C)(c2ccccc2)c2ccc(OC)cc2)cc1. The molecule has 2 saturated heterocycles. The number of fused-ring (bicyclic) bond motifs is 4.